The lowest BCUT2D eigenvalue weighted by molar-refractivity contribution is -0.384. The standard InChI is InChI=1S/C23H26N4O5S/c1-2-3-4-5-16-32-20-13-9-18(10-14-20)22(29)25-26-23(33)24-21(28)15-8-17-6-11-19(12-7-17)27(30)31/h6-15H,2-5,16H2,1H3,(H,25,29)(H2,24,26,28,33)/b15-8+. The first-order valence-corrected chi connectivity index (χ1v) is 10.9. The number of nitro groups is 1. The highest BCUT2D eigenvalue weighted by Gasteiger charge is 2.08. The Hall–Kier alpha value is -3.79. The number of hydrogen-bond donors (Lipinski definition) is 3. The zero-order valence-electron chi connectivity index (χ0n) is 18.2. The average Bonchev–Trinajstić information content (AvgIpc) is 2.81. The number of thiocarbonyl (C=S) groups is 1. The summed E-state index contributed by atoms with van der Waals surface area (Å²) in [6, 6.07) is 12.4. The van der Waals surface area contributed by atoms with Crippen LogP contribution in [0.4, 0.5) is 5.69 Å². The van der Waals surface area contributed by atoms with Crippen LogP contribution >= 0.6 is 12.2 Å². The number of benzene rings is 2. The largest absolute Gasteiger partial charge is 0.494 e. The first-order valence-electron chi connectivity index (χ1n) is 10.5. The number of carbonyl (C=O) groups excluding carboxylic acids is 2. The summed E-state index contributed by atoms with van der Waals surface area (Å²) in [5.41, 5.74) is 5.83. The van der Waals surface area contributed by atoms with E-state index in [1.165, 1.54) is 49.3 Å². The molecule has 2 aromatic carbocycles. The molecule has 174 valence electrons. The number of carbonyl (C=O) groups is 2. The molecule has 2 aromatic rings. The van der Waals surface area contributed by atoms with Gasteiger partial charge in [-0.3, -0.25) is 35.9 Å². The molecule has 0 heterocycles. The van der Waals surface area contributed by atoms with Crippen molar-refractivity contribution in [3.63, 3.8) is 0 Å². The van der Waals surface area contributed by atoms with E-state index in [1.54, 1.807) is 24.3 Å². The Labute approximate surface area is 197 Å². The molecule has 9 nitrogen and oxygen atoms in total. The van der Waals surface area contributed by atoms with Crippen molar-refractivity contribution >= 4 is 40.9 Å². The minimum atomic E-state index is -0.527. The van der Waals surface area contributed by atoms with Gasteiger partial charge in [0.1, 0.15) is 5.75 Å². The highest BCUT2D eigenvalue weighted by molar-refractivity contribution is 7.80. The molecule has 0 saturated heterocycles. The molecule has 0 aromatic heterocycles. The Morgan fingerprint density at radius 1 is 1.03 bits per heavy atom. The highest BCUT2D eigenvalue weighted by Crippen LogP contribution is 2.14. The SMILES string of the molecule is CCCCCCOc1ccc(C(=O)NNC(=S)NC(=O)/C=C/c2ccc([N+](=O)[O-])cc2)cc1. The minimum Gasteiger partial charge on any atom is -0.494 e. The van der Waals surface area contributed by atoms with E-state index >= 15 is 0 Å². The van der Waals surface area contributed by atoms with E-state index in [4.69, 9.17) is 17.0 Å². The fourth-order valence-electron chi connectivity index (χ4n) is 2.67. The molecule has 2 rings (SSSR count). The second-order valence-electron chi connectivity index (χ2n) is 7.01. The summed E-state index contributed by atoms with van der Waals surface area (Å²) >= 11 is 4.99. The molecule has 0 atom stereocenters. The molecule has 0 radical (unpaired) electrons. The molecule has 0 aliphatic carbocycles. The highest BCUT2D eigenvalue weighted by atomic mass is 32.1. The van der Waals surface area contributed by atoms with E-state index in [2.05, 4.69) is 23.1 Å². The molecule has 10 heteroatoms. The van der Waals surface area contributed by atoms with Crippen LogP contribution in [-0.2, 0) is 4.79 Å². The predicted octanol–water partition coefficient (Wildman–Crippen LogP) is 3.90. The van der Waals surface area contributed by atoms with Gasteiger partial charge in [-0.25, -0.2) is 0 Å². The fourth-order valence-corrected chi connectivity index (χ4v) is 2.82. The third kappa shape index (κ3) is 9.48. The molecule has 0 fully saturated rings. The Bertz CT molecular complexity index is 991. The van der Waals surface area contributed by atoms with Crippen molar-refractivity contribution < 1.29 is 19.2 Å². The molecule has 33 heavy (non-hydrogen) atoms. The summed E-state index contributed by atoms with van der Waals surface area (Å²) in [5.74, 6) is -0.262. The summed E-state index contributed by atoms with van der Waals surface area (Å²) in [5, 5.41) is 12.9. The zero-order chi connectivity index (χ0) is 24.1. The molecule has 0 spiro atoms. The first kappa shape index (κ1) is 25.5. The van der Waals surface area contributed by atoms with Gasteiger partial charge in [-0.05, 0) is 66.7 Å². The normalized spacial score (nSPS) is 10.5. The van der Waals surface area contributed by atoms with Crippen LogP contribution in [0.5, 0.6) is 5.75 Å². The molecule has 3 N–H and O–H groups in total. The number of ether oxygens (including phenoxy) is 1. The molecule has 2 amide bonds. The van der Waals surface area contributed by atoms with Gasteiger partial charge in [0.15, 0.2) is 5.11 Å². The Balaban J connectivity index is 1.73. The maximum atomic E-state index is 12.2. The monoisotopic (exact) mass is 470 g/mol. The number of nitro benzene ring substituents is 1. The summed E-state index contributed by atoms with van der Waals surface area (Å²) in [7, 11) is 0. The van der Waals surface area contributed by atoms with Crippen molar-refractivity contribution in [2.45, 2.75) is 32.6 Å². The third-order valence-corrected chi connectivity index (χ3v) is 4.64. The second-order valence-corrected chi connectivity index (χ2v) is 7.42. The quantitative estimate of drug-likeness (QED) is 0.158. The van der Waals surface area contributed by atoms with E-state index in [-0.39, 0.29) is 10.8 Å². The van der Waals surface area contributed by atoms with Crippen LogP contribution in [0.1, 0.15) is 48.5 Å². The van der Waals surface area contributed by atoms with Gasteiger partial charge in [0.2, 0.25) is 5.91 Å². The number of amides is 2. The Kier molecular flexibility index (Phi) is 10.5. The van der Waals surface area contributed by atoms with Gasteiger partial charge in [0, 0.05) is 23.8 Å². The van der Waals surface area contributed by atoms with E-state index in [0.717, 1.165) is 12.8 Å². The predicted molar refractivity (Wildman–Crippen MR) is 130 cm³/mol. The number of non-ortho nitro benzene ring substituents is 1. The molecular weight excluding hydrogens is 444 g/mol. The fraction of sp³-hybridized carbons (Fsp3) is 0.261. The topological polar surface area (TPSA) is 123 Å². The van der Waals surface area contributed by atoms with Crippen molar-refractivity contribution in [3.8, 4) is 5.75 Å². The number of nitrogens with one attached hydrogen (secondary N) is 3. The van der Waals surface area contributed by atoms with E-state index in [0.29, 0.717) is 23.5 Å². The Morgan fingerprint density at radius 3 is 2.36 bits per heavy atom. The van der Waals surface area contributed by atoms with Crippen molar-refractivity contribution in [1.29, 1.82) is 0 Å². The van der Waals surface area contributed by atoms with Gasteiger partial charge in [-0.1, -0.05) is 26.2 Å². The van der Waals surface area contributed by atoms with E-state index < -0.39 is 16.7 Å². The van der Waals surface area contributed by atoms with Crippen LogP contribution in [0.25, 0.3) is 6.08 Å². The van der Waals surface area contributed by atoms with Gasteiger partial charge in [0.25, 0.3) is 11.6 Å². The van der Waals surface area contributed by atoms with Crippen LogP contribution in [0.15, 0.2) is 54.6 Å². The molecule has 0 saturated carbocycles. The molecule has 0 aliphatic heterocycles. The summed E-state index contributed by atoms with van der Waals surface area (Å²) < 4.78 is 5.65. The molecule has 0 bridgehead atoms. The van der Waals surface area contributed by atoms with Crippen LogP contribution < -0.4 is 20.9 Å². The van der Waals surface area contributed by atoms with Gasteiger partial charge in [-0.2, -0.15) is 0 Å². The minimum absolute atomic E-state index is 0.0395. The van der Waals surface area contributed by atoms with Crippen LogP contribution in [0, 0.1) is 10.1 Å². The summed E-state index contributed by atoms with van der Waals surface area (Å²) in [4.78, 5) is 34.3. The first-order chi connectivity index (χ1) is 15.9. The maximum absolute atomic E-state index is 12.2. The zero-order valence-corrected chi connectivity index (χ0v) is 19.0. The average molecular weight is 471 g/mol. The van der Waals surface area contributed by atoms with Crippen LogP contribution in [0.2, 0.25) is 0 Å². The summed E-state index contributed by atoms with van der Waals surface area (Å²) in [6.45, 7) is 2.79. The van der Waals surface area contributed by atoms with Crippen molar-refractivity contribution in [3.05, 3.63) is 75.8 Å². The number of hydrazine groups is 1. The number of unbranched alkanes of at least 4 members (excludes halogenated alkanes) is 3. The maximum Gasteiger partial charge on any atom is 0.269 e. The molecular formula is C23H26N4O5S. The van der Waals surface area contributed by atoms with Crippen molar-refractivity contribution in [2.24, 2.45) is 0 Å². The van der Waals surface area contributed by atoms with Crippen molar-refractivity contribution in [1.82, 2.24) is 16.2 Å². The number of hydrogen-bond acceptors (Lipinski definition) is 6. The lowest BCUT2D eigenvalue weighted by Crippen LogP contribution is -2.48. The van der Waals surface area contributed by atoms with E-state index in [1.807, 2.05) is 0 Å². The van der Waals surface area contributed by atoms with Gasteiger partial charge >= 0.3 is 0 Å². The Morgan fingerprint density at radius 2 is 1.73 bits per heavy atom. The lowest BCUT2D eigenvalue weighted by atomic mass is 10.2. The second kappa shape index (κ2) is 13.6. The third-order valence-electron chi connectivity index (χ3n) is 4.44. The van der Waals surface area contributed by atoms with Crippen LogP contribution in [0.3, 0.4) is 0 Å². The van der Waals surface area contributed by atoms with Gasteiger partial charge in [-0.15, -0.1) is 0 Å². The van der Waals surface area contributed by atoms with Crippen LogP contribution in [-0.4, -0.2) is 28.5 Å². The molecule has 0 unspecified atom stereocenters. The van der Waals surface area contributed by atoms with E-state index in [9.17, 15) is 19.7 Å². The summed E-state index contributed by atoms with van der Waals surface area (Å²) in [6.07, 6.45) is 7.18. The number of nitrogens with zero attached hydrogens (tertiary/aromatic N) is 1. The lowest BCUT2D eigenvalue weighted by Gasteiger charge is -2.10. The van der Waals surface area contributed by atoms with Gasteiger partial charge < -0.3 is 4.74 Å². The number of rotatable bonds is 10. The molecule has 0 aliphatic rings. The smallest absolute Gasteiger partial charge is 0.269 e. The van der Waals surface area contributed by atoms with Gasteiger partial charge in [0.05, 0.1) is 11.5 Å². The van der Waals surface area contributed by atoms with Crippen molar-refractivity contribution in [2.75, 3.05) is 6.61 Å².